The van der Waals surface area contributed by atoms with Crippen molar-refractivity contribution in [1.29, 1.82) is 0 Å². The maximum atomic E-state index is 13.1. The van der Waals surface area contributed by atoms with E-state index in [2.05, 4.69) is 18.2 Å². The predicted octanol–water partition coefficient (Wildman–Crippen LogP) is 4.04. The van der Waals surface area contributed by atoms with Crippen molar-refractivity contribution in [1.82, 2.24) is 14.8 Å². The van der Waals surface area contributed by atoms with E-state index in [1.54, 1.807) is 11.3 Å². The van der Waals surface area contributed by atoms with Crippen molar-refractivity contribution in [2.75, 3.05) is 19.6 Å². The third kappa shape index (κ3) is 3.66. The lowest BCUT2D eigenvalue weighted by atomic mass is 9.94. The van der Waals surface area contributed by atoms with Gasteiger partial charge in [-0.05, 0) is 37.8 Å². The van der Waals surface area contributed by atoms with Crippen molar-refractivity contribution in [3.8, 4) is 0 Å². The Labute approximate surface area is 170 Å². The van der Waals surface area contributed by atoms with Crippen LogP contribution in [0.15, 0.2) is 24.3 Å². The lowest BCUT2D eigenvalue weighted by Gasteiger charge is -2.36. The van der Waals surface area contributed by atoms with Gasteiger partial charge in [-0.25, -0.2) is 4.98 Å². The Bertz CT molecular complexity index is 844. The molecule has 2 aliphatic rings. The molecule has 2 amide bonds. The Kier molecular flexibility index (Phi) is 5.17. The summed E-state index contributed by atoms with van der Waals surface area (Å²) in [6.45, 7) is 8.01. The van der Waals surface area contributed by atoms with Crippen LogP contribution in [0.4, 0.5) is 0 Å². The van der Waals surface area contributed by atoms with Gasteiger partial charge in [0.1, 0.15) is 6.04 Å². The van der Waals surface area contributed by atoms with Gasteiger partial charge in [0.05, 0.1) is 15.2 Å². The zero-order chi connectivity index (χ0) is 19.9. The second-order valence-electron chi connectivity index (χ2n) is 9.03. The fourth-order valence-electron chi connectivity index (χ4n) is 4.32. The maximum Gasteiger partial charge on any atom is 0.245 e. The van der Waals surface area contributed by atoms with E-state index in [0.29, 0.717) is 12.5 Å². The largest absolute Gasteiger partial charge is 0.341 e. The first-order chi connectivity index (χ1) is 13.3. The van der Waals surface area contributed by atoms with Gasteiger partial charge in [0.25, 0.3) is 0 Å². The third-order valence-electron chi connectivity index (χ3n) is 5.91. The summed E-state index contributed by atoms with van der Waals surface area (Å²) in [5.74, 6) is 0.655. The van der Waals surface area contributed by atoms with Crippen LogP contribution in [0.5, 0.6) is 0 Å². The molecule has 150 valence electrons. The van der Waals surface area contributed by atoms with Crippen molar-refractivity contribution in [3.05, 3.63) is 29.3 Å². The molecule has 1 aromatic heterocycles. The second kappa shape index (κ2) is 7.47. The number of nitrogens with zero attached hydrogens (tertiary/aromatic N) is 3. The van der Waals surface area contributed by atoms with Gasteiger partial charge >= 0.3 is 0 Å². The van der Waals surface area contributed by atoms with Crippen LogP contribution in [0, 0.1) is 5.41 Å². The molecule has 0 bridgehead atoms. The Morgan fingerprint density at radius 1 is 1.07 bits per heavy atom. The molecular weight excluding hydrogens is 370 g/mol. The number of carbonyl (C=O) groups is 2. The van der Waals surface area contributed by atoms with Gasteiger partial charge < -0.3 is 9.80 Å². The Morgan fingerprint density at radius 3 is 2.46 bits per heavy atom. The van der Waals surface area contributed by atoms with E-state index in [0.717, 1.165) is 44.3 Å². The average molecular weight is 400 g/mol. The van der Waals surface area contributed by atoms with Crippen LogP contribution in [-0.4, -0.2) is 52.3 Å². The molecule has 0 radical (unpaired) electrons. The summed E-state index contributed by atoms with van der Waals surface area (Å²) in [5.41, 5.74) is 0.631. The zero-order valence-electron chi connectivity index (χ0n) is 17.0. The van der Waals surface area contributed by atoms with Crippen molar-refractivity contribution < 1.29 is 9.59 Å². The molecule has 28 heavy (non-hydrogen) atoms. The summed E-state index contributed by atoms with van der Waals surface area (Å²) in [5, 5.41) is 1.19. The molecule has 0 N–H and O–H groups in total. The minimum absolute atomic E-state index is 0.0905. The number of likely N-dealkylation sites (tertiary alicyclic amines) is 2. The number of hydrogen-bond acceptors (Lipinski definition) is 4. The van der Waals surface area contributed by atoms with Crippen LogP contribution in [0.3, 0.4) is 0 Å². The fraction of sp³-hybridized carbons (Fsp3) is 0.591. The lowest BCUT2D eigenvalue weighted by Crippen LogP contribution is -2.52. The summed E-state index contributed by atoms with van der Waals surface area (Å²) in [6.07, 6.45) is 3.61. The van der Waals surface area contributed by atoms with Crippen LogP contribution in [-0.2, 0) is 9.59 Å². The van der Waals surface area contributed by atoms with Crippen LogP contribution < -0.4 is 0 Å². The number of amides is 2. The number of benzene rings is 1. The first-order valence-electron chi connectivity index (χ1n) is 10.3. The predicted molar refractivity (Wildman–Crippen MR) is 112 cm³/mol. The minimum atomic E-state index is -0.442. The number of para-hydroxylation sites is 1. The summed E-state index contributed by atoms with van der Waals surface area (Å²) in [4.78, 5) is 34.5. The summed E-state index contributed by atoms with van der Waals surface area (Å²) < 4.78 is 1.23. The van der Waals surface area contributed by atoms with E-state index in [-0.39, 0.29) is 17.9 Å². The SMILES string of the molecule is CC(C)(C)C(=O)N1CCCC1C(=O)N1CCC(c2nc3ccccc3s2)CC1. The topological polar surface area (TPSA) is 53.5 Å². The van der Waals surface area contributed by atoms with E-state index in [1.807, 2.05) is 36.6 Å². The smallest absolute Gasteiger partial charge is 0.245 e. The highest BCUT2D eigenvalue weighted by Crippen LogP contribution is 2.34. The molecule has 2 aliphatic heterocycles. The summed E-state index contributed by atoms with van der Waals surface area (Å²) >= 11 is 1.78. The molecule has 1 unspecified atom stereocenters. The quantitative estimate of drug-likeness (QED) is 0.766. The number of hydrogen-bond donors (Lipinski definition) is 0. The van der Waals surface area contributed by atoms with Crippen molar-refractivity contribution in [2.45, 2.75) is 58.4 Å². The van der Waals surface area contributed by atoms with Gasteiger partial charge in [-0.2, -0.15) is 0 Å². The molecular formula is C22H29N3O2S. The van der Waals surface area contributed by atoms with Gasteiger partial charge in [-0.3, -0.25) is 9.59 Å². The number of fused-ring (bicyclic) bond motifs is 1. The first kappa shape index (κ1) is 19.4. The normalized spacial score (nSPS) is 21.5. The highest BCUT2D eigenvalue weighted by Gasteiger charge is 2.40. The minimum Gasteiger partial charge on any atom is -0.341 e. The summed E-state index contributed by atoms with van der Waals surface area (Å²) in [6, 6.07) is 7.99. The van der Waals surface area contributed by atoms with Gasteiger partial charge in [-0.15, -0.1) is 11.3 Å². The van der Waals surface area contributed by atoms with E-state index in [9.17, 15) is 9.59 Å². The molecule has 2 fully saturated rings. The lowest BCUT2D eigenvalue weighted by molar-refractivity contribution is -0.148. The van der Waals surface area contributed by atoms with E-state index in [1.165, 1.54) is 9.71 Å². The van der Waals surface area contributed by atoms with Gasteiger partial charge in [0, 0.05) is 31.0 Å². The van der Waals surface area contributed by atoms with E-state index < -0.39 is 5.41 Å². The molecule has 1 aromatic carbocycles. The molecule has 1 atom stereocenters. The molecule has 2 saturated heterocycles. The highest BCUT2D eigenvalue weighted by atomic mass is 32.1. The summed E-state index contributed by atoms with van der Waals surface area (Å²) in [7, 11) is 0. The molecule has 2 aromatic rings. The Hall–Kier alpha value is -1.95. The number of rotatable bonds is 2. The Morgan fingerprint density at radius 2 is 1.79 bits per heavy atom. The molecule has 0 spiro atoms. The number of carbonyl (C=O) groups excluding carboxylic acids is 2. The molecule has 6 heteroatoms. The fourth-order valence-corrected chi connectivity index (χ4v) is 5.46. The van der Waals surface area contributed by atoms with Crippen LogP contribution in [0.2, 0.25) is 0 Å². The monoisotopic (exact) mass is 399 g/mol. The average Bonchev–Trinajstić information content (AvgIpc) is 3.33. The number of aromatic nitrogens is 1. The van der Waals surface area contributed by atoms with Crippen molar-refractivity contribution >= 4 is 33.4 Å². The van der Waals surface area contributed by atoms with Gasteiger partial charge in [-0.1, -0.05) is 32.9 Å². The highest BCUT2D eigenvalue weighted by molar-refractivity contribution is 7.18. The first-order valence-corrected chi connectivity index (χ1v) is 11.1. The van der Waals surface area contributed by atoms with Crippen LogP contribution >= 0.6 is 11.3 Å². The zero-order valence-corrected chi connectivity index (χ0v) is 17.8. The second-order valence-corrected chi connectivity index (χ2v) is 10.1. The van der Waals surface area contributed by atoms with Crippen molar-refractivity contribution in [2.24, 2.45) is 5.41 Å². The number of piperidine rings is 1. The molecule has 0 aliphatic carbocycles. The molecule has 0 saturated carbocycles. The van der Waals surface area contributed by atoms with Gasteiger partial charge in [0.15, 0.2) is 0 Å². The van der Waals surface area contributed by atoms with Gasteiger partial charge in [0.2, 0.25) is 11.8 Å². The third-order valence-corrected chi connectivity index (χ3v) is 7.11. The van der Waals surface area contributed by atoms with E-state index >= 15 is 0 Å². The van der Waals surface area contributed by atoms with Crippen molar-refractivity contribution in [3.63, 3.8) is 0 Å². The van der Waals surface area contributed by atoms with Crippen LogP contribution in [0.25, 0.3) is 10.2 Å². The number of thiazole rings is 1. The molecule has 4 rings (SSSR count). The standard InChI is InChI=1S/C22H29N3O2S/c1-22(2,3)21(27)25-12-6-8-17(25)20(26)24-13-10-15(11-14-24)19-23-16-7-4-5-9-18(16)28-19/h4-5,7,9,15,17H,6,8,10-14H2,1-3H3. The molecule has 5 nitrogen and oxygen atoms in total. The maximum absolute atomic E-state index is 13.1. The van der Waals surface area contributed by atoms with E-state index in [4.69, 9.17) is 4.98 Å². The van der Waals surface area contributed by atoms with Crippen LogP contribution in [0.1, 0.15) is 57.4 Å². The molecule has 3 heterocycles. The Balaban J connectivity index is 1.40.